The molecule has 2 heteroatoms. The van der Waals surface area contributed by atoms with Crippen LogP contribution in [0.25, 0.3) is 5.57 Å². The fourth-order valence-corrected chi connectivity index (χ4v) is 1.86. The molecule has 0 atom stereocenters. The van der Waals surface area contributed by atoms with Crippen LogP contribution in [0.3, 0.4) is 0 Å². The van der Waals surface area contributed by atoms with Crippen molar-refractivity contribution in [3.8, 4) is 0 Å². The van der Waals surface area contributed by atoms with E-state index in [-0.39, 0.29) is 5.91 Å². The Bertz CT molecular complexity index is 393. The zero-order chi connectivity index (χ0) is 10.1. The van der Waals surface area contributed by atoms with E-state index in [1.165, 1.54) is 0 Å². The van der Waals surface area contributed by atoms with Crippen LogP contribution in [0.2, 0.25) is 0 Å². The zero-order valence-corrected chi connectivity index (χ0v) is 8.26. The second-order valence-corrected chi connectivity index (χ2v) is 3.62. The molecule has 1 heterocycles. The van der Waals surface area contributed by atoms with Gasteiger partial charge >= 0.3 is 0 Å². The number of rotatable bonds is 1. The highest BCUT2D eigenvalue weighted by atomic mass is 16.1. The summed E-state index contributed by atoms with van der Waals surface area (Å²) in [7, 11) is 0. The molecule has 0 unspecified atom stereocenters. The lowest BCUT2D eigenvalue weighted by atomic mass is 9.92. The Labute approximate surface area is 83.6 Å². The summed E-state index contributed by atoms with van der Waals surface area (Å²) in [6.45, 7) is 6.63. The van der Waals surface area contributed by atoms with E-state index in [0.717, 1.165) is 35.2 Å². The van der Waals surface area contributed by atoms with Gasteiger partial charge in [0.15, 0.2) is 0 Å². The molecule has 0 aliphatic carbocycles. The lowest BCUT2D eigenvalue weighted by molar-refractivity contribution is 0.0946. The molecule has 1 aliphatic rings. The number of benzene rings is 1. The summed E-state index contributed by atoms with van der Waals surface area (Å²) in [6.07, 6.45) is 0.907. The van der Waals surface area contributed by atoms with Crippen molar-refractivity contribution in [3.05, 3.63) is 41.5 Å². The molecular formula is C12H13NO. The van der Waals surface area contributed by atoms with E-state index < -0.39 is 0 Å². The van der Waals surface area contributed by atoms with Crippen molar-refractivity contribution in [2.24, 2.45) is 0 Å². The van der Waals surface area contributed by atoms with Crippen LogP contribution in [0, 0.1) is 0 Å². The molecule has 0 radical (unpaired) electrons. The van der Waals surface area contributed by atoms with Crippen LogP contribution in [0.1, 0.15) is 28.4 Å². The van der Waals surface area contributed by atoms with Crippen molar-refractivity contribution < 1.29 is 4.79 Å². The normalized spacial score (nSPS) is 14.5. The molecular weight excluding hydrogens is 174 g/mol. The first-order valence-electron chi connectivity index (χ1n) is 4.76. The van der Waals surface area contributed by atoms with Crippen LogP contribution in [-0.4, -0.2) is 12.5 Å². The highest BCUT2D eigenvalue weighted by Crippen LogP contribution is 2.23. The third-order valence-corrected chi connectivity index (χ3v) is 2.54. The number of carbonyl (C=O) groups excluding carboxylic acids is 1. The van der Waals surface area contributed by atoms with Crippen molar-refractivity contribution in [2.45, 2.75) is 13.3 Å². The number of amides is 1. The molecule has 1 N–H and O–H groups in total. The van der Waals surface area contributed by atoms with Gasteiger partial charge in [0.25, 0.3) is 5.91 Å². The predicted octanol–water partition coefficient (Wildman–Crippen LogP) is 2.01. The van der Waals surface area contributed by atoms with Gasteiger partial charge in [-0.25, -0.2) is 0 Å². The lowest BCUT2D eigenvalue weighted by Gasteiger charge is -2.19. The number of allylic oxidation sites excluding steroid dienone is 1. The first kappa shape index (κ1) is 9.00. The van der Waals surface area contributed by atoms with Gasteiger partial charge in [-0.1, -0.05) is 24.3 Å². The first-order valence-corrected chi connectivity index (χ1v) is 4.76. The molecule has 0 bridgehead atoms. The van der Waals surface area contributed by atoms with Gasteiger partial charge < -0.3 is 5.32 Å². The van der Waals surface area contributed by atoms with Crippen molar-refractivity contribution >= 4 is 11.5 Å². The number of nitrogens with one attached hydrogen (secondary N) is 1. The molecule has 2 nitrogen and oxygen atoms in total. The first-order chi connectivity index (χ1) is 6.70. The van der Waals surface area contributed by atoms with Gasteiger partial charge in [0.05, 0.1) is 0 Å². The highest BCUT2D eigenvalue weighted by Gasteiger charge is 2.18. The molecule has 1 amide bonds. The van der Waals surface area contributed by atoms with Gasteiger partial charge in [-0.05, 0) is 30.5 Å². The summed E-state index contributed by atoms with van der Waals surface area (Å²) in [4.78, 5) is 11.5. The number of fused-ring (bicyclic) bond motifs is 1. The van der Waals surface area contributed by atoms with Gasteiger partial charge in [-0.3, -0.25) is 4.79 Å². The number of hydrogen-bond acceptors (Lipinski definition) is 1. The quantitative estimate of drug-likeness (QED) is 0.716. The SMILES string of the molecule is C=C(C)c1cccc2c1CCNC2=O. The van der Waals surface area contributed by atoms with Gasteiger partial charge in [0.1, 0.15) is 0 Å². The minimum absolute atomic E-state index is 0.0364. The van der Waals surface area contributed by atoms with E-state index in [1.54, 1.807) is 0 Å². The minimum Gasteiger partial charge on any atom is -0.352 e. The topological polar surface area (TPSA) is 29.1 Å². The lowest BCUT2D eigenvalue weighted by Crippen LogP contribution is -2.32. The van der Waals surface area contributed by atoms with Crippen LogP contribution >= 0.6 is 0 Å². The van der Waals surface area contributed by atoms with Gasteiger partial charge in [-0.15, -0.1) is 0 Å². The fourth-order valence-electron chi connectivity index (χ4n) is 1.86. The number of hydrogen-bond donors (Lipinski definition) is 1. The Morgan fingerprint density at radius 3 is 3.00 bits per heavy atom. The molecule has 1 aromatic rings. The Morgan fingerprint density at radius 2 is 2.29 bits per heavy atom. The molecule has 72 valence electrons. The average Bonchev–Trinajstić information content (AvgIpc) is 2.17. The molecule has 0 spiro atoms. The molecule has 0 fully saturated rings. The van der Waals surface area contributed by atoms with E-state index >= 15 is 0 Å². The van der Waals surface area contributed by atoms with E-state index in [0.29, 0.717) is 0 Å². The minimum atomic E-state index is 0.0364. The summed E-state index contributed by atoms with van der Waals surface area (Å²) in [5, 5.41) is 2.84. The second kappa shape index (κ2) is 3.29. The summed E-state index contributed by atoms with van der Waals surface area (Å²) >= 11 is 0. The molecule has 2 rings (SSSR count). The highest BCUT2D eigenvalue weighted by molar-refractivity contribution is 5.98. The van der Waals surface area contributed by atoms with E-state index in [4.69, 9.17) is 0 Å². The standard InChI is InChI=1S/C12H13NO/c1-8(2)9-4-3-5-11-10(9)6-7-13-12(11)14/h3-5H,1,6-7H2,2H3,(H,13,14). The van der Waals surface area contributed by atoms with Crippen molar-refractivity contribution in [3.63, 3.8) is 0 Å². The molecule has 1 aromatic carbocycles. The van der Waals surface area contributed by atoms with E-state index in [2.05, 4.69) is 11.9 Å². The van der Waals surface area contributed by atoms with Crippen LogP contribution < -0.4 is 5.32 Å². The van der Waals surface area contributed by atoms with Crippen LogP contribution in [0.5, 0.6) is 0 Å². The summed E-state index contributed by atoms with van der Waals surface area (Å²) in [5.41, 5.74) is 4.09. The van der Waals surface area contributed by atoms with Gasteiger partial charge in [0.2, 0.25) is 0 Å². The van der Waals surface area contributed by atoms with Gasteiger partial charge in [-0.2, -0.15) is 0 Å². The van der Waals surface area contributed by atoms with Crippen LogP contribution in [0.4, 0.5) is 0 Å². The Morgan fingerprint density at radius 1 is 1.50 bits per heavy atom. The molecule has 1 aliphatic heterocycles. The fraction of sp³-hybridized carbons (Fsp3) is 0.250. The predicted molar refractivity (Wildman–Crippen MR) is 57.2 cm³/mol. The maximum Gasteiger partial charge on any atom is 0.251 e. The van der Waals surface area contributed by atoms with Crippen molar-refractivity contribution in [2.75, 3.05) is 6.54 Å². The maximum atomic E-state index is 11.5. The largest absolute Gasteiger partial charge is 0.352 e. The number of carbonyl (C=O) groups is 1. The molecule has 0 saturated heterocycles. The maximum absolute atomic E-state index is 11.5. The van der Waals surface area contributed by atoms with Crippen LogP contribution in [0.15, 0.2) is 24.8 Å². The van der Waals surface area contributed by atoms with E-state index in [1.807, 2.05) is 25.1 Å². The Balaban J connectivity index is 2.60. The summed E-state index contributed by atoms with van der Waals surface area (Å²) in [5.74, 6) is 0.0364. The van der Waals surface area contributed by atoms with Crippen molar-refractivity contribution in [1.29, 1.82) is 0 Å². The van der Waals surface area contributed by atoms with Crippen LogP contribution in [-0.2, 0) is 6.42 Å². The Hall–Kier alpha value is -1.57. The molecule has 14 heavy (non-hydrogen) atoms. The van der Waals surface area contributed by atoms with Crippen molar-refractivity contribution in [1.82, 2.24) is 5.32 Å². The molecule has 0 saturated carbocycles. The van der Waals surface area contributed by atoms with E-state index in [9.17, 15) is 4.79 Å². The third-order valence-electron chi connectivity index (χ3n) is 2.54. The average molecular weight is 187 g/mol. The summed E-state index contributed by atoms with van der Waals surface area (Å²) in [6, 6.07) is 5.81. The second-order valence-electron chi connectivity index (χ2n) is 3.62. The van der Waals surface area contributed by atoms with Gasteiger partial charge in [0, 0.05) is 12.1 Å². The Kier molecular flexibility index (Phi) is 2.12. The summed E-state index contributed by atoms with van der Waals surface area (Å²) < 4.78 is 0. The smallest absolute Gasteiger partial charge is 0.251 e. The zero-order valence-electron chi connectivity index (χ0n) is 8.26. The monoisotopic (exact) mass is 187 g/mol. The third kappa shape index (κ3) is 1.33. The molecule has 0 aromatic heterocycles.